The second-order valence-electron chi connectivity index (χ2n) is 7.03. The number of aliphatic imine (C=N–C) groups is 1. The van der Waals surface area contributed by atoms with Gasteiger partial charge in [-0.3, -0.25) is 9.79 Å². The number of para-hydroxylation sites is 1. The fourth-order valence-corrected chi connectivity index (χ4v) is 3.42. The number of methoxy groups -OCH3 is 1. The molecule has 7 nitrogen and oxygen atoms in total. The van der Waals surface area contributed by atoms with Gasteiger partial charge in [-0.15, -0.1) is 24.0 Å². The summed E-state index contributed by atoms with van der Waals surface area (Å²) in [6.07, 6.45) is 0. The van der Waals surface area contributed by atoms with Gasteiger partial charge in [-0.2, -0.15) is 0 Å². The topological polar surface area (TPSA) is 69.2 Å². The van der Waals surface area contributed by atoms with Gasteiger partial charge < -0.3 is 25.2 Å². The zero-order valence-corrected chi connectivity index (χ0v) is 20.5. The minimum Gasteiger partial charge on any atom is -0.497 e. The molecule has 0 saturated carbocycles. The first-order chi connectivity index (χ1) is 14.7. The van der Waals surface area contributed by atoms with E-state index in [0.29, 0.717) is 18.7 Å². The molecule has 0 radical (unpaired) electrons. The molecule has 1 aliphatic heterocycles. The first-order valence-corrected chi connectivity index (χ1v) is 10.5. The molecule has 0 aromatic heterocycles. The number of ether oxygens (including phenoxy) is 1. The number of nitrogens with one attached hydrogen (secondary N) is 2. The molecule has 0 atom stereocenters. The van der Waals surface area contributed by atoms with Crippen molar-refractivity contribution in [1.29, 1.82) is 0 Å². The maximum absolute atomic E-state index is 12.3. The summed E-state index contributed by atoms with van der Waals surface area (Å²) in [7, 11) is 1.61. The van der Waals surface area contributed by atoms with Crippen LogP contribution in [-0.4, -0.2) is 69.7 Å². The standard InChI is InChI=1S/C23H31N5O2.HI/c1-3-24-23(28-17-15-27(16-18-28)20-7-5-4-6-8-20)26-14-13-25-22(29)19-9-11-21(30-2)12-10-19;/h4-12H,3,13-18H2,1-2H3,(H,24,26)(H,25,29);1H. The van der Waals surface area contributed by atoms with Gasteiger partial charge in [0.25, 0.3) is 5.91 Å². The molecule has 8 heteroatoms. The molecule has 1 aliphatic rings. The number of hydrogen-bond acceptors (Lipinski definition) is 4. The number of carbonyl (C=O) groups is 1. The van der Waals surface area contributed by atoms with Crippen LogP contribution < -0.4 is 20.3 Å². The Bertz CT molecular complexity index is 822. The van der Waals surface area contributed by atoms with Crippen LogP contribution >= 0.6 is 24.0 Å². The number of guanidine groups is 1. The van der Waals surface area contributed by atoms with E-state index in [2.05, 4.69) is 51.6 Å². The summed E-state index contributed by atoms with van der Waals surface area (Å²) in [5.74, 6) is 1.54. The molecule has 0 spiro atoms. The van der Waals surface area contributed by atoms with Gasteiger partial charge in [-0.05, 0) is 43.3 Å². The fraction of sp³-hybridized carbons (Fsp3) is 0.391. The van der Waals surface area contributed by atoms with Gasteiger partial charge in [0.05, 0.1) is 13.7 Å². The number of amides is 1. The Morgan fingerprint density at radius 1 is 1.00 bits per heavy atom. The third-order valence-corrected chi connectivity index (χ3v) is 5.05. The van der Waals surface area contributed by atoms with Gasteiger partial charge in [0.15, 0.2) is 5.96 Å². The van der Waals surface area contributed by atoms with E-state index in [0.717, 1.165) is 44.4 Å². The lowest BCUT2D eigenvalue weighted by Gasteiger charge is -2.37. The van der Waals surface area contributed by atoms with Crippen molar-refractivity contribution in [2.24, 2.45) is 4.99 Å². The van der Waals surface area contributed by atoms with E-state index in [1.54, 1.807) is 31.4 Å². The van der Waals surface area contributed by atoms with E-state index in [4.69, 9.17) is 9.73 Å². The van der Waals surface area contributed by atoms with Crippen molar-refractivity contribution in [3.63, 3.8) is 0 Å². The number of rotatable bonds is 7. The van der Waals surface area contributed by atoms with Crippen LogP contribution in [0, 0.1) is 0 Å². The average Bonchev–Trinajstić information content (AvgIpc) is 2.81. The zero-order valence-electron chi connectivity index (χ0n) is 18.2. The van der Waals surface area contributed by atoms with Crippen LogP contribution in [0.15, 0.2) is 59.6 Å². The Hall–Kier alpha value is -2.49. The second kappa shape index (κ2) is 13.0. The highest BCUT2D eigenvalue weighted by Crippen LogP contribution is 2.15. The maximum atomic E-state index is 12.3. The lowest BCUT2D eigenvalue weighted by Crippen LogP contribution is -2.52. The highest BCUT2D eigenvalue weighted by molar-refractivity contribution is 14.0. The van der Waals surface area contributed by atoms with E-state index < -0.39 is 0 Å². The van der Waals surface area contributed by atoms with Gasteiger partial charge in [-0.1, -0.05) is 18.2 Å². The SMILES string of the molecule is CCNC(=NCCNC(=O)c1ccc(OC)cc1)N1CCN(c2ccccc2)CC1.I. The molecule has 1 amide bonds. The quantitative estimate of drug-likeness (QED) is 0.246. The Labute approximate surface area is 201 Å². The van der Waals surface area contributed by atoms with Crippen molar-refractivity contribution >= 4 is 41.5 Å². The van der Waals surface area contributed by atoms with Crippen molar-refractivity contribution in [3.05, 3.63) is 60.2 Å². The highest BCUT2D eigenvalue weighted by atomic mass is 127. The zero-order chi connectivity index (χ0) is 21.2. The molecule has 1 fully saturated rings. The fourth-order valence-electron chi connectivity index (χ4n) is 3.42. The molecule has 0 aliphatic carbocycles. The van der Waals surface area contributed by atoms with Crippen molar-refractivity contribution < 1.29 is 9.53 Å². The molecule has 2 N–H and O–H groups in total. The Kier molecular flexibility index (Phi) is 10.4. The predicted molar refractivity (Wildman–Crippen MR) is 137 cm³/mol. The minimum atomic E-state index is -0.102. The number of benzene rings is 2. The molecule has 168 valence electrons. The smallest absolute Gasteiger partial charge is 0.251 e. The normalized spacial score (nSPS) is 13.9. The molecular formula is C23H32IN5O2. The third-order valence-electron chi connectivity index (χ3n) is 5.05. The Morgan fingerprint density at radius 2 is 1.68 bits per heavy atom. The monoisotopic (exact) mass is 537 g/mol. The summed E-state index contributed by atoms with van der Waals surface area (Å²) in [6.45, 7) is 7.66. The number of hydrogen-bond donors (Lipinski definition) is 2. The number of carbonyl (C=O) groups excluding carboxylic acids is 1. The average molecular weight is 537 g/mol. The van der Waals surface area contributed by atoms with E-state index in [1.165, 1.54) is 5.69 Å². The van der Waals surface area contributed by atoms with Crippen LogP contribution in [0.25, 0.3) is 0 Å². The molecule has 31 heavy (non-hydrogen) atoms. The number of nitrogens with zero attached hydrogens (tertiary/aromatic N) is 3. The van der Waals surface area contributed by atoms with Crippen LogP contribution in [0.2, 0.25) is 0 Å². The summed E-state index contributed by atoms with van der Waals surface area (Å²) >= 11 is 0. The summed E-state index contributed by atoms with van der Waals surface area (Å²) < 4.78 is 5.12. The molecule has 3 rings (SSSR count). The minimum absolute atomic E-state index is 0. The number of anilines is 1. The number of halogens is 1. The third kappa shape index (κ3) is 7.30. The Balaban J connectivity index is 0.00000341. The van der Waals surface area contributed by atoms with E-state index in [-0.39, 0.29) is 29.9 Å². The molecule has 2 aromatic rings. The summed E-state index contributed by atoms with van der Waals surface area (Å²) in [4.78, 5) is 21.6. The number of piperazine rings is 1. The predicted octanol–water partition coefficient (Wildman–Crippen LogP) is 2.83. The summed E-state index contributed by atoms with van der Waals surface area (Å²) in [5, 5.41) is 6.29. The van der Waals surface area contributed by atoms with Crippen LogP contribution in [0.1, 0.15) is 17.3 Å². The van der Waals surface area contributed by atoms with Gasteiger partial charge in [0.1, 0.15) is 5.75 Å². The van der Waals surface area contributed by atoms with E-state index >= 15 is 0 Å². The largest absolute Gasteiger partial charge is 0.497 e. The molecule has 1 saturated heterocycles. The van der Waals surface area contributed by atoms with Gasteiger partial charge >= 0.3 is 0 Å². The van der Waals surface area contributed by atoms with Crippen LogP contribution in [0.3, 0.4) is 0 Å². The van der Waals surface area contributed by atoms with Crippen LogP contribution in [-0.2, 0) is 0 Å². The van der Waals surface area contributed by atoms with E-state index in [1.807, 2.05) is 6.07 Å². The molecule has 0 unspecified atom stereocenters. The molecule has 2 aromatic carbocycles. The highest BCUT2D eigenvalue weighted by Gasteiger charge is 2.19. The van der Waals surface area contributed by atoms with Gasteiger partial charge in [0, 0.05) is 50.5 Å². The first kappa shape index (κ1) is 24.8. The molecular weight excluding hydrogens is 505 g/mol. The summed E-state index contributed by atoms with van der Waals surface area (Å²) in [6, 6.07) is 17.6. The van der Waals surface area contributed by atoms with Crippen molar-refractivity contribution in [3.8, 4) is 5.75 Å². The molecule has 1 heterocycles. The van der Waals surface area contributed by atoms with Crippen LogP contribution in [0.5, 0.6) is 5.75 Å². The van der Waals surface area contributed by atoms with Crippen molar-refractivity contribution in [2.75, 3.05) is 57.8 Å². The summed E-state index contributed by atoms with van der Waals surface area (Å²) in [5.41, 5.74) is 1.88. The first-order valence-electron chi connectivity index (χ1n) is 10.5. The van der Waals surface area contributed by atoms with Crippen molar-refractivity contribution in [1.82, 2.24) is 15.5 Å². The lowest BCUT2D eigenvalue weighted by atomic mass is 10.2. The second-order valence-corrected chi connectivity index (χ2v) is 7.03. The maximum Gasteiger partial charge on any atom is 0.251 e. The lowest BCUT2D eigenvalue weighted by molar-refractivity contribution is 0.0954. The van der Waals surface area contributed by atoms with Crippen molar-refractivity contribution in [2.45, 2.75) is 6.92 Å². The van der Waals surface area contributed by atoms with Gasteiger partial charge in [-0.25, -0.2) is 0 Å². The van der Waals surface area contributed by atoms with E-state index in [9.17, 15) is 4.79 Å². The van der Waals surface area contributed by atoms with Crippen LogP contribution in [0.4, 0.5) is 5.69 Å². The Morgan fingerprint density at radius 3 is 2.29 bits per heavy atom. The molecule has 0 bridgehead atoms. The van der Waals surface area contributed by atoms with Gasteiger partial charge in [0.2, 0.25) is 0 Å².